The SMILES string of the molecule is Cc1c(F)cccc1OCC(=O)O. The fraction of sp³-hybridized carbons (Fsp3) is 0.222. The molecule has 0 heterocycles. The van der Waals surface area contributed by atoms with Crippen LogP contribution < -0.4 is 4.74 Å². The number of rotatable bonds is 3. The third kappa shape index (κ3) is 2.43. The van der Waals surface area contributed by atoms with E-state index in [1.165, 1.54) is 25.1 Å². The number of halogens is 1. The van der Waals surface area contributed by atoms with Crippen molar-refractivity contribution in [2.75, 3.05) is 6.61 Å². The second-order valence-electron chi connectivity index (χ2n) is 2.55. The van der Waals surface area contributed by atoms with Crippen molar-refractivity contribution in [1.29, 1.82) is 0 Å². The van der Waals surface area contributed by atoms with Gasteiger partial charge in [-0.25, -0.2) is 9.18 Å². The van der Waals surface area contributed by atoms with Gasteiger partial charge in [-0.15, -0.1) is 0 Å². The van der Waals surface area contributed by atoms with Crippen molar-refractivity contribution in [3.05, 3.63) is 29.6 Å². The monoisotopic (exact) mass is 184 g/mol. The smallest absolute Gasteiger partial charge is 0.341 e. The first kappa shape index (κ1) is 9.51. The zero-order chi connectivity index (χ0) is 9.84. The van der Waals surface area contributed by atoms with E-state index in [0.29, 0.717) is 5.56 Å². The summed E-state index contributed by atoms with van der Waals surface area (Å²) in [7, 11) is 0. The van der Waals surface area contributed by atoms with E-state index >= 15 is 0 Å². The average molecular weight is 184 g/mol. The van der Waals surface area contributed by atoms with Crippen LogP contribution in [0.1, 0.15) is 5.56 Å². The van der Waals surface area contributed by atoms with E-state index in [-0.39, 0.29) is 5.75 Å². The third-order valence-corrected chi connectivity index (χ3v) is 1.57. The van der Waals surface area contributed by atoms with E-state index in [1.54, 1.807) is 0 Å². The van der Waals surface area contributed by atoms with Crippen LogP contribution in [0.25, 0.3) is 0 Å². The fourth-order valence-corrected chi connectivity index (χ4v) is 0.884. The van der Waals surface area contributed by atoms with Gasteiger partial charge in [-0.2, -0.15) is 0 Å². The summed E-state index contributed by atoms with van der Waals surface area (Å²) in [5.74, 6) is -1.21. The van der Waals surface area contributed by atoms with E-state index in [1.807, 2.05) is 0 Å². The van der Waals surface area contributed by atoms with Crippen LogP contribution in [-0.2, 0) is 4.79 Å². The van der Waals surface area contributed by atoms with Gasteiger partial charge in [0.05, 0.1) is 0 Å². The summed E-state index contributed by atoms with van der Waals surface area (Å²) in [6.45, 7) is 1.08. The molecule has 1 aromatic rings. The molecule has 0 radical (unpaired) electrons. The Morgan fingerprint density at radius 3 is 2.92 bits per heavy atom. The Morgan fingerprint density at radius 1 is 1.62 bits per heavy atom. The number of carboxylic acid groups (broad SMARTS) is 1. The summed E-state index contributed by atoms with van der Waals surface area (Å²) >= 11 is 0. The molecule has 70 valence electrons. The Morgan fingerprint density at radius 2 is 2.31 bits per heavy atom. The maximum Gasteiger partial charge on any atom is 0.341 e. The van der Waals surface area contributed by atoms with Crippen molar-refractivity contribution in [3.8, 4) is 5.75 Å². The number of carboxylic acids is 1. The highest BCUT2D eigenvalue weighted by Gasteiger charge is 2.05. The lowest BCUT2D eigenvalue weighted by Crippen LogP contribution is -2.10. The van der Waals surface area contributed by atoms with Crippen molar-refractivity contribution in [2.45, 2.75) is 6.92 Å². The van der Waals surface area contributed by atoms with Gasteiger partial charge in [0, 0.05) is 5.56 Å². The van der Waals surface area contributed by atoms with Crippen LogP contribution in [-0.4, -0.2) is 17.7 Å². The Bertz CT molecular complexity index is 323. The van der Waals surface area contributed by atoms with Gasteiger partial charge < -0.3 is 9.84 Å². The fourth-order valence-electron chi connectivity index (χ4n) is 0.884. The highest BCUT2D eigenvalue weighted by atomic mass is 19.1. The molecule has 1 aromatic carbocycles. The number of hydrogen-bond donors (Lipinski definition) is 1. The maximum absolute atomic E-state index is 12.9. The van der Waals surface area contributed by atoms with E-state index in [0.717, 1.165) is 0 Å². The Kier molecular flexibility index (Phi) is 2.84. The first-order valence-corrected chi connectivity index (χ1v) is 3.71. The summed E-state index contributed by atoms with van der Waals surface area (Å²) in [4.78, 5) is 10.2. The lowest BCUT2D eigenvalue weighted by molar-refractivity contribution is -0.139. The number of aliphatic carboxylic acids is 1. The van der Waals surface area contributed by atoms with Gasteiger partial charge in [0.25, 0.3) is 0 Å². The highest BCUT2D eigenvalue weighted by molar-refractivity contribution is 5.68. The lowest BCUT2D eigenvalue weighted by atomic mass is 10.2. The minimum absolute atomic E-state index is 0.266. The quantitative estimate of drug-likeness (QED) is 0.776. The van der Waals surface area contributed by atoms with Gasteiger partial charge in [0.15, 0.2) is 6.61 Å². The first-order chi connectivity index (χ1) is 6.11. The van der Waals surface area contributed by atoms with Gasteiger partial charge >= 0.3 is 5.97 Å². The second kappa shape index (κ2) is 3.89. The minimum atomic E-state index is -1.08. The van der Waals surface area contributed by atoms with Gasteiger partial charge in [0.1, 0.15) is 11.6 Å². The Labute approximate surface area is 74.8 Å². The third-order valence-electron chi connectivity index (χ3n) is 1.57. The van der Waals surface area contributed by atoms with Crippen molar-refractivity contribution in [2.24, 2.45) is 0 Å². The van der Waals surface area contributed by atoms with Crippen molar-refractivity contribution in [3.63, 3.8) is 0 Å². The number of ether oxygens (including phenoxy) is 1. The molecule has 0 aliphatic rings. The van der Waals surface area contributed by atoms with Crippen molar-refractivity contribution in [1.82, 2.24) is 0 Å². The second-order valence-corrected chi connectivity index (χ2v) is 2.55. The molecule has 0 saturated heterocycles. The Hall–Kier alpha value is -1.58. The highest BCUT2D eigenvalue weighted by Crippen LogP contribution is 2.19. The van der Waals surface area contributed by atoms with Crippen molar-refractivity contribution < 1.29 is 19.0 Å². The standard InChI is InChI=1S/C9H9FO3/c1-6-7(10)3-2-4-8(6)13-5-9(11)12/h2-4H,5H2,1H3,(H,11,12). The van der Waals surface area contributed by atoms with Gasteiger partial charge in [0.2, 0.25) is 0 Å². The molecule has 0 amide bonds. The van der Waals surface area contributed by atoms with Gasteiger partial charge in [-0.1, -0.05) is 6.07 Å². The van der Waals surface area contributed by atoms with E-state index in [4.69, 9.17) is 9.84 Å². The maximum atomic E-state index is 12.9. The molecule has 0 atom stereocenters. The van der Waals surface area contributed by atoms with Crippen LogP contribution >= 0.6 is 0 Å². The molecule has 0 saturated carbocycles. The predicted octanol–water partition coefficient (Wildman–Crippen LogP) is 1.60. The molecule has 0 unspecified atom stereocenters. The molecule has 0 bridgehead atoms. The van der Waals surface area contributed by atoms with Crippen LogP contribution in [0, 0.1) is 12.7 Å². The van der Waals surface area contributed by atoms with Crippen LogP contribution in [0.2, 0.25) is 0 Å². The molecular weight excluding hydrogens is 175 g/mol. The molecule has 0 fully saturated rings. The molecule has 1 N–H and O–H groups in total. The van der Waals surface area contributed by atoms with Crippen LogP contribution in [0.15, 0.2) is 18.2 Å². The van der Waals surface area contributed by atoms with Gasteiger partial charge in [-0.05, 0) is 19.1 Å². The van der Waals surface area contributed by atoms with E-state index in [9.17, 15) is 9.18 Å². The van der Waals surface area contributed by atoms with E-state index in [2.05, 4.69) is 0 Å². The predicted molar refractivity (Wildman–Crippen MR) is 44.3 cm³/mol. The molecule has 0 spiro atoms. The number of hydrogen-bond acceptors (Lipinski definition) is 2. The minimum Gasteiger partial charge on any atom is -0.482 e. The summed E-state index contributed by atoms with van der Waals surface area (Å²) in [5, 5.41) is 8.32. The molecular formula is C9H9FO3. The summed E-state index contributed by atoms with van der Waals surface area (Å²) in [5.41, 5.74) is 0.323. The van der Waals surface area contributed by atoms with Crippen LogP contribution in [0.3, 0.4) is 0 Å². The molecule has 3 nitrogen and oxygen atoms in total. The number of benzene rings is 1. The summed E-state index contributed by atoms with van der Waals surface area (Å²) in [6.07, 6.45) is 0. The summed E-state index contributed by atoms with van der Waals surface area (Å²) < 4.78 is 17.7. The first-order valence-electron chi connectivity index (χ1n) is 3.71. The van der Waals surface area contributed by atoms with Crippen LogP contribution in [0.4, 0.5) is 4.39 Å². The Balaban J connectivity index is 2.77. The van der Waals surface area contributed by atoms with E-state index < -0.39 is 18.4 Å². The molecule has 0 aliphatic heterocycles. The number of carbonyl (C=O) groups is 1. The zero-order valence-electron chi connectivity index (χ0n) is 7.08. The average Bonchev–Trinajstić information content (AvgIpc) is 2.07. The molecule has 0 aromatic heterocycles. The summed E-state index contributed by atoms with van der Waals surface area (Å²) in [6, 6.07) is 4.30. The normalized spacial score (nSPS) is 9.69. The van der Waals surface area contributed by atoms with Crippen molar-refractivity contribution >= 4 is 5.97 Å². The van der Waals surface area contributed by atoms with Gasteiger partial charge in [-0.3, -0.25) is 0 Å². The molecule has 0 aliphatic carbocycles. The van der Waals surface area contributed by atoms with Crippen LogP contribution in [0.5, 0.6) is 5.75 Å². The molecule has 13 heavy (non-hydrogen) atoms. The topological polar surface area (TPSA) is 46.5 Å². The largest absolute Gasteiger partial charge is 0.482 e. The lowest BCUT2D eigenvalue weighted by Gasteiger charge is -2.06. The molecule has 4 heteroatoms. The molecule has 1 rings (SSSR count). The zero-order valence-corrected chi connectivity index (χ0v) is 7.08.